The van der Waals surface area contributed by atoms with E-state index in [1.807, 2.05) is 6.07 Å². The van der Waals surface area contributed by atoms with Crippen molar-refractivity contribution >= 4 is 0 Å². The van der Waals surface area contributed by atoms with Crippen molar-refractivity contribution in [3.8, 4) is 11.5 Å². The molecule has 1 aliphatic rings. The molecule has 2 aromatic carbocycles. The van der Waals surface area contributed by atoms with Crippen LogP contribution in [0.25, 0.3) is 0 Å². The molecule has 2 aromatic rings. The Kier molecular flexibility index (Phi) is 5.72. The van der Waals surface area contributed by atoms with Gasteiger partial charge in [0.25, 0.3) is 0 Å². The molecule has 1 fully saturated rings. The lowest BCUT2D eigenvalue weighted by Gasteiger charge is -2.18. The minimum absolute atomic E-state index is 0.788. The third kappa shape index (κ3) is 4.28. The predicted octanol–water partition coefficient (Wildman–Crippen LogP) is 3.02. The maximum Gasteiger partial charge on any atom is 0.160 e. The van der Waals surface area contributed by atoms with Crippen molar-refractivity contribution in [2.24, 2.45) is 0 Å². The van der Waals surface area contributed by atoms with Gasteiger partial charge in [-0.3, -0.25) is 9.80 Å². The number of nitrogens with zero attached hydrogens (tertiary/aromatic N) is 2. The molecule has 0 bridgehead atoms. The molecule has 4 nitrogen and oxygen atoms in total. The number of hydrogen-bond acceptors (Lipinski definition) is 4. The van der Waals surface area contributed by atoms with E-state index < -0.39 is 0 Å². The summed E-state index contributed by atoms with van der Waals surface area (Å²) in [4.78, 5) is 5.02. The van der Waals surface area contributed by atoms with E-state index in [9.17, 15) is 0 Å². The molecular formula is C20H26N2O2. The van der Waals surface area contributed by atoms with Crippen LogP contribution in [-0.2, 0) is 13.0 Å². The Morgan fingerprint density at radius 1 is 0.833 bits per heavy atom. The van der Waals surface area contributed by atoms with E-state index in [4.69, 9.17) is 9.47 Å². The first-order valence-electron chi connectivity index (χ1n) is 8.48. The fourth-order valence-electron chi connectivity index (χ4n) is 3.18. The SMILES string of the molecule is COc1ccc(CCN2CCN(Cc3ccccc3)C2)cc1OC. The summed E-state index contributed by atoms with van der Waals surface area (Å²) in [5.41, 5.74) is 2.67. The van der Waals surface area contributed by atoms with E-state index in [2.05, 4.69) is 52.3 Å². The van der Waals surface area contributed by atoms with Crippen molar-refractivity contribution < 1.29 is 9.47 Å². The molecule has 0 unspecified atom stereocenters. The molecule has 0 amide bonds. The quantitative estimate of drug-likeness (QED) is 0.781. The Morgan fingerprint density at radius 2 is 1.58 bits per heavy atom. The molecule has 0 aliphatic carbocycles. The highest BCUT2D eigenvalue weighted by atomic mass is 16.5. The van der Waals surface area contributed by atoms with Gasteiger partial charge in [0, 0.05) is 26.2 Å². The maximum atomic E-state index is 5.39. The topological polar surface area (TPSA) is 24.9 Å². The van der Waals surface area contributed by atoms with Crippen LogP contribution in [0.5, 0.6) is 11.5 Å². The van der Waals surface area contributed by atoms with Gasteiger partial charge in [0.15, 0.2) is 11.5 Å². The summed E-state index contributed by atoms with van der Waals surface area (Å²) in [6.45, 7) is 5.43. The van der Waals surface area contributed by atoms with Crippen molar-refractivity contribution in [2.45, 2.75) is 13.0 Å². The Hall–Kier alpha value is -2.04. The number of benzene rings is 2. The minimum Gasteiger partial charge on any atom is -0.493 e. The number of rotatable bonds is 7. The van der Waals surface area contributed by atoms with E-state index in [1.54, 1.807) is 14.2 Å². The fraction of sp³-hybridized carbons (Fsp3) is 0.400. The van der Waals surface area contributed by atoms with Crippen molar-refractivity contribution in [1.82, 2.24) is 9.80 Å². The standard InChI is InChI=1S/C20H26N2O2/c1-23-19-9-8-17(14-20(19)24-2)10-11-21-12-13-22(16-21)15-18-6-4-3-5-7-18/h3-9,14H,10-13,15-16H2,1-2H3. The van der Waals surface area contributed by atoms with Gasteiger partial charge in [-0.05, 0) is 29.7 Å². The van der Waals surface area contributed by atoms with Crippen LogP contribution in [0.2, 0.25) is 0 Å². The van der Waals surface area contributed by atoms with Gasteiger partial charge in [-0.25, -0.2) is 0 Å². The number of ether oxygens (including phenoxy) is 2. The maximum absolute atomic E-state index is 5.39. The molecule has 0 radical (unpaired) electrons. The van der Waals surface area contributed by atoms with Gasteiger partial charge in [-0.1, -0.05) is 36.4 Å². The van der Waals surface area contributed by atoms with Gasteiger partial charge in [0.1, 0.15) is 0 Å². The van der Waals surface area contributed by atoms with E-state index in [0.29, 0.717) is 0 Å². The molecule has 0 aromatic heterocycles. The monoisotopic (exact) mass is 326 g/mol. The summed E-state index contributed by atoms with van der Waals surface area (Å²) >= 11 is 0. The van der Waals surface area contributed by atoms with Gasteiger partial charge in [0.05, 0.1) is 20.9 Å². The molecular weight excluding hydrogens is 300 g/mol. The minimum atomic E-state index is 0.788. The average Bonchev–Trinajstić information content (AvgIpc) is 3.08. The van der Waals surface area contributed by atoms with E-state index in [0.717, 1.165) is 50.8 Å². The van der Waals surface area contributed by atoms with Gasteiger partial charge in [-0.15, -0.1) is 0 Å². The third-order valence-electron chi connectivity index (χ3n) is 4.55. The molecule has 1 heterocycles. The number of methoxy groups -OCH3 is 2. The summed E-state index contributed by atoms with van der Waals surface area (Å²) in [5, 5.41) is 0. The Morgan fingerprint density at radius 3 is 2.33 bits per heavy atom. The molecule has 1 aliphatic heterocycles. The molecule has 0 spiro atoms. The first kappa shape index (κ1) is 16.8. The van der Waals surface area contributed by atoms with Crippen molar-refractivity contribution in [3.63, 3.8) is 0 Å². The van der Waals surface area contributed by atoms with Crippen LogP contribution < -0.4 is 9.47 Å². The van der Waals surface area contributed by atoms with Crippen LogP contribution in [0.1, 0.15) is 11.1 Å². The molecule has 0 saturated carbocycles. The van der Waals surface area contributed by atoms with Crippen LogP contribution in [0.3, 0.4) is 0 Å². The van der Waals surface area contributed by atoms with Crippen LogP contribution in [0, 0.1) is 0 Å². The Bertz CT molecular complexity index is 645. The zero-order valence-electron chi connectivity index (χ0n) is 14.6. The summed E-state index contributed by atoms with van der Waals surface area (Å²) in [6, 6.07) is 16.9. The summed E-state index contributed by atoms with van der Waals surface area (Å²) < 4.78 is 10.7. The lowest BCUT2D eigenvalue weighted by Crippen LogP contribution is -2.27. The van der Waals surface area contributed by atoms with E-state index in [-0.39, 0.29) is 0 Å². The second-order valence-electron chi connectivity index (χ2n) is 6.24. The molecule has 0 N–H and O–H groups in total. The fourth-order valence-corrected chi connectivity index (χ4v) is 3.18. The lowest BCUT2D eigenvalue weighted by molar-refractivity contribution is 0.242. The molecule has 0 atom stereocenters. The first-order valence-corrected chi connectivity index (χ1v) is 8.48. The van der Waals surface area contributed by atoms with Gasteiger partial charge >= 0.3 is 0 Å². The highest BCUT2D eigenvalue weighted by Gasteiger charge is 2.19. The second-order valence-corrected chi connectivity index (χ2v) is 6.24. The average molecular weight is 326 g/mol. The third-order valence-corrected chi connectivity index (χ3v) is 4.55. The van der Waals surface area contributed by atoms with Crippen LogP contribution >= 0.6 is 0 Å². The van der Waals surface area contributed by atoms with E-state index in [1.165, 1.54) is 11.1 Å². The summed E-state index contributed by atoms with van der Waals surface area (Å²) in [6.07, 6.45) is 1.03. The summed E-state index contributed by atoms with van der Waals surface area (Å²) in [7, 11) is 3.35. The van der Waals surface area contributed by atoms with Crippen molar-refractivity contribution in [3.05, 3.63) is 59.7 Å². The van der Waals surface area contributed by atoms with Gasteiger partial charge in [-0.2, -0.15) is 0 Å². The van der Waals surface area contributed by atoms with Crippen LogP contribution in [0.15, 0.2) is 48.5 Å². The molecule has 128 valence electrons. The zero-order valence-corrected chi connectivity index (χ0v) is 14.6. The molecule has 4 heteroatoms. The second kappa shape index (κ2) is 8.18. The van der Waals surface area contributed by atoms with Crippen molar-refractivity contribution in [1.29, 1.82) is 0 Å². The highest BCUT2D eigenvalue weighted by molar-refractivity contribution is 5.42. The highest BCUT2D eigenvalue weighted by Crippen LogP contribution is 2.27. The Labute approximate surface area is 144 Å². The van der Waals surface area contributed by atoms with Gasteiger partial charge in [0.2, 0.25) is 0 Å². The predicted molar refractivity (Wildman–Crippen MR) is 96.5 cm³/mol. The van der Waals surface area contributed by atoms with Gasteiger partial charge < -0.3 is 9.47 Å². The zero-order chi connectivity index (χ0) is 16.8. The number of hydrogen-bond donors (Lipinski definition) is 0. The van der Waals surface area contributed by atoms with Crippen LogP contribution in [-0.4, -0.2) is 50.3 Å². The lowest BCUT2D eigenvalue weighted by atomic mass is 10.1. The first-order chi connectivity index (χ1) is 11.8. The smallest absolute Gasteiger partial charge is 0.160 e. The summed E-state index contributed by atoms with van der Waals surface area (Å²) in [5.74, 6) is 1.60. The van der Waals surface area contributed by atoms with Crippen molar-refractivity contribution in [2.75, 3.05) is 40.5 Å². The normalized spacial score (nSPS) is 15.6. The molecule has 24 heavy (non-hydrogen) atoms. The molecule has 3 rings (SSSR count). The largest absolute Gasteiger partial charge is 0.493 e. The Balaban J connectivity index is 1.49. The van der Waals surface area contributed by atoms with E-state index >= 15 is 0 Å². The molecule has 1 saturated heterocycles. The van der Waals surface area contributed by atoms with Crippen LogP contribution in [0.4, 0.5) is 0 Å².